The molecule has 0 bridgehead atoms. The quantitative estimate of drug-likeness (QED) is 0.421. The molecule has 160 valence electrons. The Kier molecular flexibility index (Phi) is 8.12. The number of amides is 1. The predicted molar refractivity (Wildman–Crippen MR) is 124 cm³/mol. The second kappa shape index (κ2) is 11.2. The number of rotatable bonds is 7. The summed E-state index contributed by atoms with van der Waals surface area (Å²) in [6, 6.07) is 18.3. The summed E-state index contributed by atoms with van der Waals surface area (Å²) in [5, 5.41) is 6.41. The molecule has 1 heterocycles. The van der Waals surface area contributed by atoms with Crippen molar-refractivity contribution in [2.45, 2.75) is 26.3 Å². The van der Waals surface area contributed by atoms with Gasteiger partial charge in [0.05, 0.1) is 0 Å². The van der Waals surface area contributed by atoms with Gasteiger partial charge in [0.15, 0.2) is 5.96 Å². The van der Waals surface area contributed by atoms with Gasteiger partial charge in [-0.05, 0) is 36.2 Å². The largest absolute Gasteiger partial charge is 0.368 e. The van der Waals surface area contributed by atoms with E-state index in [9.17, 15) is 4.79 Å². The highest BCUT2D eigenvalue weighted by atomic mass is 16.1. The third-order valence-corrected chi connectivity index (χ3v) is 5.39. The van der Waals surface area contributed by atoms with Gasteiger partial charge in [0, 0.05) is 57.6 Å². The molecule has 1 aliphatic heterocycles. The highest BCUT2D eigenvalue weighted by molar-refractivity contribution is 5.94. The number of benzene rings is 2. The average Bonchev–Trinajstić information content (AvgIpc) is 2.81. The average molecular weight is 408 g/mol. The second-order valence-electron chi connectivity index (χ2n) is 7.52. The number of hydrogen-bond acceptors (Lipinski definition) is 3. The molecule has 1 saturated heterocycles. The fourth-order valence-corrected chi connectivity index (χ4v) is 3.58. The number of nitrogens with zero attached hydrogens (tertiary/aromatic N) is 3. The van der Waals surface area contributed by atoms with Gasteiger partial charge >= 0.3 is 0 Å². The molecule has 6 heteroatoms. The van der Waals surface area contributed by atoms with Crippen LogP contribution in [0.25, 0.3) is 0 Å². The zero-order valence-corrected chi connectivity index (χ0v) is 18.1. The van der Waals surface area contributed by atoms with Crippen molar-refractivity contribution in [3.8, 4) is 0 Å². The van der Waals surface area contributed by atoms with Crippen LogP contribution in [-0.2, 0) is 6.54 Å². The highest BCUT2D eigenvalue weighted by Gasteiger charge is 2.19. The number of hydrogen-bond donors (Lipinski definition) is 2. The van der Waals surface area contributed by atoms with Crippen LogP contribution in [0.4, 0.5) is 5.69 Å². The molecule has 0 saturated carbocycles. The van der Waals surface area contributed by atoms with Crippen molar-refractivity contribution in [3.05, 3.63) is 65.7 Å². The molecule has 0 radical (unpaired) electrons. The fourth-order valence-electron chi connectivity index (χ4n) is 3.58. The normalized spacial score (nSPS) is 14.5. The summed E-state index contributed by atoms with van der Waals surface area (Å²) in [6.45, 7) is 7.36. The fraction of sp³-hybridized carbons (Fsp3) is 0.417. The topological polar surface area (TPSA) is 60.0 Å². The van der Waals surface area contributed by atoms with E-state index in [1.54, 1.807) is 0 Å². The molecule has 1 amide bonds. The van der Waals surface area contributed by atoms with Crippen LogP contribution in [0.5, 0.6) is 0 Å². The van der Waals surface area contributed by atoms with Crippen LogP contribution in [-0.4, -0.2) is 56.5 Å². The lowest BCUT2D eigenvalue weighted by molar-refractivity contribution is 0.0953. The van der Waals surface area contributed by atoms with E-state index in [0.29, 0.717) is 12.1 Å². The Bertz CT molecular complexity index is 811. The maximum atomic E-state index is 12.1. The molecule has 2 aromatic rings. The van der Waals surface area contributed by atoms with E-state index in [-0.39, 0.29) is 5.91 Å². The molecule has 0 unspecified atom stereocenters. The molecule has 2 N–H and O–H groups in total. The van der Waals surface area contributed by atoms with Crippen molar-refractivity contribution >= 4 is 17.6 Å². The lowest BCUT2D eigenvalue weighted by atomic mass is 10.1. The third kappa shape index (κ3) is 5.99. The number of carbonyl (C=O) groups is 1. The zero-order chi connectivity index (χ0) is 21.2. The molecule has 0 atom stereocenters. The van der Waals surface area contributed by atoms with Crippen LogP contribution in [0.3, 0.4) is 0 Å². The van der Waals surface area contributed by atoms with Gasteiger partial charge in [-0.2, -0.15) is 0 Å². The van der Waals surface area contributed by atoms with Crippen molar-refractivity contribution in [3.63, 3.8) is 0 Å². The van der Waals surface area contributed by atoms with E-state index < -0.39 is 0 Å². The first-order valence-corrected chi connectivity index (χ1v) is 10.8. The number of nitrogens with one attached hydrogen (secondary N) is 2. The molecule has 0 aliphatic carbocycles. The number of unbranched alkanes of at least 4 members (excludes halogenated alkanes) is 1. The van der Waals surface area contributed by atoms with E-state index in [1.807, 2.05) is 31.3 Å². The minimum Gasteiger partial charge on any atom is -0.368 e. The number of piperazine rings is 1. The van der Waals surface area contributed by atoms with Crippen LogP contribution >= 0.6 is 0 Å². The first kappa shape index (κ1) is 21.7. The molecular formula is C24H33N5O. The number of anilines is 1. The van der Waals surface area contributed by atoms with E-state index in [2.05, 4.69) is 62.7 Å². The first-order valence-electron chi connectivity index (χ1n) is 10.8. The summed E-state index contributed by atoms with van der Waals surface area (Å²) in [5.74, 6) is 0.916. The first-order chi connectivity index (χ1) is 14.7. The predicted octanol–water partition coefficient (Wildman–Crippen LogP) is 3.11. The van der Waals surface area contributed by atoms with Gasteiger partial charge in [0.25, 0.3) is 5.91 Å². The summed E-state index contributed by atoms with van der Waals surface area (Å²) in [6.07, 6.45) is 2.08. The zero-order valence-electron chi connectivity index (χ0n) is 18.1. The summed E-state index contributed by atoms with van der Waals surface area (Å²) in [4.78, 5) is 21.3. The molecule has 0 aromatic heterocycles. The summed E-state index contributed by atoms with van der Waals surface area (Å²) in [5.41, 5.74) is 3.11. The lowest BCUT2D eigenvalue weighted by Gasteiger charge is -2.37. The molecule has 0 spiro atoms. The minimum atomic E-state index is -0.00458. The maximum Gasteiger partial charge on any atom is 0.251 e. The Hall–Kier alpha value is -3.02. The summed E-state index contributed by atoms with van der Waals surface area (Å²) < 4.78 is 0. The SMILES string of the molecule is CCCCNC(=O)c1ccc(CNC(=NC)N2CCN(c3ccccc3)CC2)cc1. The second-order valence-corrected chi connectivity index (χ2v) is 7.52. The van der Waals surface area contributed by atoms with Crippen LogP contribution in [0.2, 0.25) is 0 Å². The standard InChI is InChI=1S/C24H33N5O/c1-3-4-14-26-23(30)21-12-10-20(11-13-21)19-27-24(25-2)29-17-15-28(16-18-29)22-8-6-5-7-9-22/h5-13H,3-4,14-19H2,1-2H3,(H,25,27)(H,26,30). The van der Waals surface area contributed by atoms with Crippen molar-refractivity contribution in [1.82, 2.24) is 15.5 Å². The van der Waals surface area contributed by atoms with E-state index in [4.69, 9.17) is 0 Å². The number of aliphatic imine (C=N–C) groups is 1. The number of carbonyl (C=O) groups excluding carboxylic acids is 1. The van der Waals surface area contributed by atoms with Crippen LogP contribution in [0, 0.1) is 0 Å². The lowest BCUT2D eigenvalue weighted by Crippen LogP contribution is -2.52. The molecule has 6 nitrogen and oxygen atoms in total. The smallest absolute Gasteiger partial charge is 0.251 e. The van der Waals surface area contributed by atoms with Crippen LogP contribution < -0.4 is 15.5 Å². The van der Waals surface area contributed by atoms with E-state index >= 15 is 0 Å². The monoisotopic (exact) mass is 407 g/mol. The molecule has 1 aliphatic rings. The Labute approximate surface area is 180 Å². The Morgan fingerprint density at radius 3 is 2.30 bits per heavy atom. The van der Waals surface area contributed by atoms with Gasteiger partial charge in [-0.25, -0.2) is 0 Å². The van der Waals surface area contributed by atoms with Gasteiger partial charge in [0.2, 0.25) is 0 Å². The van der Waals surface area contributed by atoms with Crippen molar-refractivity contribution in [2.75, 3.05) is 44.7 Å². The molecule has 2 aromatic carbocycles. The Balaban J connectivity index is 1.47. The Morgan fingerprint density at radius 2 is 1.67 bits per heavy atom. The third-order valence-electron chi connectivity index (χ3n) is 5.39. The molecule has 1 fully saturated rings. The Morgan fingerprint density at radius 1 is 0.967 bits per heavy atom. The van der Waals surface area contributed by atoms with Crippen molar-refractivity contribution in [1.29, 1.82) is 0 Å². The number of guanidine groups is 1. The van der Waals surface area contributed by atoms with E-state index in [1.165, 1.54) is 5.69 Å². The van der Waals surface area contributed by atoms with Gasteiger partial charge in [-0.1, -0.05) is 43.7 Å². The maximum absolute atomic E-state index is 12.1. The summed E-state index contributed by atoms with van der Waals surface area (Å²) in [7, 11) is 1.83. The van der Waals surface area contributed by atoms with Gasteiger partial charge in [-0.15, -0.1) is 0 Å². The van der Waals surface area contributed by atoms with Crippen LogP contribution in [0.1, 0.15) is 35.7 Å². The molecule has 30 heavy (non-hydrogen) atoms. The van der Waals surface area contributed by atoms with Gasteiger partial charge in [0.1, 0.15) is 0 Å². The molecule has 3 rings (SSSR count). The summed E-state index contributed by atoms with van der Waals surface area (Å²) >= 11 is 0. The molecular weight excluding hydrogens is 374 g/mol. The van der Waals surface area contributed by atoms with E-state index in [0.717, 1.165) is 57.1 Å². The van der Waals surface area contributed by atoms with Crippen molar-refractivity contribution < 1.29 is 4.79 Å². The van der Waals surface area contributed by atoms with Gasteiger partial charge < -0.3 is 20.4 Å². The number of para-hydroxylation sites is 1. The van der Waals surface area contributed by atoms with Gasteiger partial charge in [-0.3, -0.25) is 9.79 Å². The highest BCUT2D eigenvalue weighted by Crippen LogP contribution is 2.15. The minimum absolute atomic E-state index is 0.00458. The van der Waals surface area contributed by atoms with Crippen molar-refractivity contribution in [2.24, 2.45) is 4.99 Å². The van der Waals surface area contributed by atoms with Crippen LogP contribution in [0.15, 0.2) is 59.6 Å².